The molecule has 0 aromatic carbocycles. The Bertz CT molecular complexity index is 298. The molecular weight excluding hydrogens is 218 g/mol. The van der Waals surface area contributed by atoms with Crippen molar-refractivity contribution in [2.24, 2.45) is 0 Å². The van der Waals surface area contributed by atoms with Gasteiger partial charge in [0.15, 0.2) is 0 Å². The van der Waals surface area contributed by atoms with Gasteiger partial charge in [0.25, 0.3) is 0 Å². The van der Waals surface area contributed by atoms with Gasteiger partial charge in [-0.05, 0) is 26.9 Å². The standard InChI is InChI=1S/C12H23N3S/c1-5-11(7-13-6-2)15(4)8-12-10(3)14-9-16-12/h9,11,13H,5-8H2,1-4H3. The van der Waals surface area contributed by atoms with E-state index in [4.69, 9.17) is 0 Å². The van der Waals surface area contributed by atoms with Crippen LogP contribution in [-0.2, 0) is 6.54 Å². The van der Waals surface area contributed by atoms with Gasteiger partial charge < -0.3 is 5.32 Å². The fraction of sp³-hybridized carbons (Fsp3) is 0.750. The topological polar surface area (TPSA) is 28.2 Å². The molecule has 1 heterocycles. The Balaban J connectivity index is 2.49. The van der Waals surface area contributed by atoms with Gasteiger partial charge in [-0.2, -0.15) is 0 Å². The maximum absolute atomic E-state index is 4.29. The molecule has 1 atom stereocenters. The highest BCUT2D eigenvalue weighted by molar-refractivity contribution is 7.09. The molecule has 1 aromatic rings. The molecule has 4 heteroatoms. The maximum atomic E-state index is 4.29. The highest BCUT2D eigenvalue weighted by Gasteiger charge is 2.14. The van der Waals surface area contributed by atoms with E-state index in [0.717, 1.165) is 19.6 Å². The molecule has 0 spiro atoms. The summed E-state index contributed by atoms with van der Waals surface area (Å²) in [4.78, 5) is 8.10. The van der Waals surface area contributed by atoms with Crippen molar-refractivity contribution in [1.82, 2.24) is 15.2 Å². The van der Waals surface area contributed by atoms with Crippen LogP contribution in [0.3, 0.4) is 0 Å². The molecule has 0 aliphatic carbocycles. The molecule has 1 unspecified atom stereocenters. The molecular formula is C12H23N3S. The summed E-state index contributed by atoms with van der Waals surface area (Å²) in [5.41, 5.74) is 3.11. The minimum Gasteiger partial charge on any atom is -0.315 e. The number of likely N-dealkylation sites (N-methyl/N-ethyl adjacent to an activating group) is 2. The van der Waals surface area contributed by atoms with E-state index in [1.807, 2.05) is 5.51 Å². The summed E-state index contributed by atoms with van der Waals surface area (Å²) in [7, 11) is 2.20. The normalized spacial score (nSPS) is 13.3. The van der Waals surface area contributed by atoms with Crippen LogP contribution in [-0.4, -0.2) is 36.1 Å². The predicted octanol–water partition coefficient (Wildman–Crippen LogP) is 2.27. The second-order valence-electron chi connectivity index (χ2n) is 4.15. The lowest BCUT2D eigenvalue weighted by molar-refractivity contribution is 0.223. The molecule has 0 saturated carbocycles. The van der Waals surface area contributed by atoms with Crippen molar-refractivity contribution < 1.29 is 0 Å². The predicted molar refractivity (Wildman–Crippen MR) is 70.9 cm³/mol. The van der Waals surface area contributed by atoms with Gasteiger partial charge in [0.1, 0.15) is 0 Å². The number of hydrogen-bond acceptors (Lipinski definition) is 4. The van der Waals surface area contributed by atoms with Gasteiger partial charge in [-0.25, -0.2) is 4.98 Å². The Labute approximate surface area is 103 Å². The number of nitrogens with zero attached hydrogens (tertiary/aromatic N) is 2. The third-order valence-electron chi connectivity index (χ3n) is 2.96. The molecule has 0 fully saturated rings. The highest BCUT2D eigenvalue weighted by Crippen LogP contribution is 2.16. The molecule has 0 aliphatic heterocycles. The zero-order chi connectivity index (χ0) is 12.0. The van der Waals surface area contributed by atoms with Crippen LogP contribution in [0.25, 0.3) is 0 Å². The summed E-state index contributed by atoms with van der Waals surface area (Å²) >= 11 is 1.76. The van der Waals surface area contributed by atoms with Crippen molar-refractivity contribution in [2.45, 2.75) is 39.8 Å². The van der Waals surface area contributed by atoms with E-state index in [1.54, 1.807) is 11.3 Å². The van der Waals surface area contributed by atoms with Crippen LogP contribution in [0.15, 0.2) is 5.51 Å². The number of rotatable bonds is 7. The summed E-state index contributed by atoms with van der Waals surface area (Å²) in [5.74, 6) is 0. The summed E-state index contributed by atoms with van der Waals surface area (Å²) < 4.78 is 0. The minimum atomic E-state index is 0.612. The SMILES string of the molecule is CCNCC(CC)N(C)Cc1scnc1C. The molecule has 0 saturated heterocycles. The largest absolute Gasteiger partial charge is 0.315 e. The number of aryl methyl sites for hydroxylation is 1. The summed E-state index contributed by atoms with van der Waals surface area (Å²) in [6.45, 7) is 9.62. The first-order valence-corrected chi connectivity index (χ1v) is 6.86. The molecule has 92 valence electrons. The van der Waals surface area contributed by atoms with E-state index < -0.39 is 0 Å². The van der Waals surface area contributed by atoms with Crippen molar-refractivity contribution >= 4 is 11.3 Å². The van der Waals surface area contributed by atoms with Crippen LogP contribution in [0.1, 0.15) is 30.8 Å². The number of aromatic nitrogens is 1. The minimum absolute atomic E-state index is 0.612. The third kappa shape index (κ3) is 3.85. The van der Waals surface area contributed by atoms with Crippen LogP contribution < -0.4 is 5.32 Å². The van der Waals surface area contributed by atoms with Gasteiger partial charge in [-0.1, -0.05) is 13.8 Å². The summed E-state index contributed by atoms with van der Waals surface area (Å²) in [6.07, 6.45) is 1.18. The van der Waals surface area contributed by atoms with Gasteiger partial charge >= 0.3 is 0 Å². The van der Waals surface area contributed by atoms with Gasteiger partial charge in [-0.3, -0.25) is 4.90 Å². The van der Waals surface area contributed by atoms with E-state index in [9.17, 15) is 0 Å². The number of hydrogen-bond donors (Lipinski definition) is 1. The fourth-order valence-electron chi connectivity index (χ4n) is 1.76. The van der Waals surface area contributed by atoms with Crippen LogP contribution in [0.5, 0.6) is 0 Å². The van der Waals surface area contributed by atoms with E-state index in [1.165, 1.54) is 17.0 Å². The van der Waals surface area contributed by atoms with Gasteiger partial charge in [0, 0.05) is 24.0 Å². The van der Waals surface area contributed by atoms with Gasteiger partial charge in [0.2, 0.25) is 0 Å². The lowest BCUT2D eigenvalue weighted by Crippen LogP contribution is -2.39. The van der Waals surface area contributed by atoms with Crippen molar-refractivity contribution in [3.8, 4) is 0 Å². The molecule has 0 amide bonds. The number of nitrogens with one attached hydrogen (secondary N) is 1. The van der Waals surface area contributed by atoms with E-state index in [-0.39, 0.29) is 0 Å². The first-order valence-electron chi connectivity index (χ1n) is 5.98. The van der Waals surface area contributed by atoms with Crippen LogP contribution in [0, 0.1) is 6.92 Å². The molecule has 0 radical (unpaired) electrons. The van der Waals surface area contributed by atoms with Crippen molar-refractivity contribution in [3.63, 3.8) is 0 Å². The Morgan fingerprint density at radius 2 is 2.25 bits per heavy atom. The summed E-state index contributed by atoms with van der Waals surface area (Å²) in [6, 6.07) is 0.612. The molecule has 0 aliphatic rings. The van der Waals surface area contributed by atoms with Crippen molar-refractivity contribution in [3.05, 3.63) is 16.1 Å². The van der Waals surface area contributed by atoms with Crippen molar-refractivity contribution in [2.75, 3.05) is 20.1 Å². The quantitative estimate of drug-likeness (QED) is 0.794. The van der Waals surface area contributed by atoms with Crippen LogP contribution in [0.2, 0.25) is 0 Å². The maximum Gasteiger partial charge on any atom is 0.0798 e. The van der Waals surface area contributed by atoms with E-state index in [0.29, 0.717) is 6.04 Å². The lowest BCUT2D eigenvalue weighted by Gasteiger charge is -2.27. The monoisotopic (exact) mass is 241 g/mol. The summed E-state index contributed by atoms with van der Waals surface area (Å²) in [5, 5.41) is 3.42. The Hall–Kier alpha value is -0.450. The zero-order valence-electron chi connectivity index (χ0n) is 10.8. The molecule has 3 nitrogen and oxygen atoms in total. The van der Waals surface area contributed by atoms with Crippen LogP contribution in [0.4, 0.5) is 0 Å². The van der Waals surface area contributed by atoms with Crippen LogP contribution >= 0.6 is 11.3 Å². The molecule has 1 N–H and O–H groups in total. The van der Waals surface area contributed by atoms with Gasteiger partial charge in [-0.15, -0.1) is 11.3 Å². The highest BCUT2D eigenvalue weighted by atomic mass is 32.1. The first kappa shape index (κ1) is 13.6. The second-order valence-corrected chi connectivity index (χ2v) is 5.09. The Kier molecular flexibility index (Phi) is 5.95. The zero-order valence-corrected chi connectivity index (χ0v) is 11.6. The molecule has 1 rings (SSSR count). The second kappa shape index (κ2) is 6.99. The van der Waals surface area contributed by atoms with E-state index >= 15 is 0 Å². The number of thiazole rings is 1. The lowest BCUT2D eigenvalue weighted by atomic mass is 10.2. The fourth-order valence-corrected chi connectivity index (χ4v) is 2.60. The smallest absolute Gasteiger partial charge is 0.0798 e. The van der Waals surface area contributed by atoms with Crippen molar-refractivity contribution in [1.29, 1.82) is 0 Å². The molecule has 16 heavy (non-hydrogen) atoms. The molecule has 0 bridgehead atoms. The average Bonchev–Trinajstić information content (AvgIpc) is 2.65. The Morgan fingerprint density at radius 3 is 2.75 bits per heavy atom. The third-order valence-corrected chi connectivity index (χ3v) is 3.88. The van der Waals surface area contributed by atoms with E-state index in [2.05, 4.69) is 43.0 Å². The van der Waals surface area contributed by atoms with Gasteiger partial charge in [0.05, 0.1) is 11.2 Å². The Morgan fingerprint density at radius 1 is 1.50 bits per heavy atom. The molecule has 1 aromatic heterocycles. The first-order chi connectivity index (χ1) is 7.69. The average molecular weight is 241 g/mol.